The molecule has 2 heterocycles. The fraction of sp³-hybridized carbons (Fsp3) is 0.176. The predicted molar refractivity (Wildman–Crippen MR) is 105 cm³/mol. The Labute approximate surface area is 163 Å². The molecule has 1 atom stereocenters. The average molecular weight is 403 g/mol. The SMILES string of the molecule is C[C@@H](Sc1nnc(NCc2ccco2)s1)C(=O)Nc1ccc(C(N)=O)cc1. The topological polar surface area (TPSA) is 123 Å². The highest BCUT2D eigenvalue weighted by atomic mass is 32.2. The van der Waals surface area contributed by atoms with Gasteiger partial charge in [-0.15, -0.1) is 10.2 Å². The van der Waals surface area contributed by atoms with Crippen molar-refractivity contribution in [2.75, 3.05) is 10.6 Å². The van der Waals surface area contributed by atoms with Gasteiger partial charge in [0.1, 0.15) is 5.76 Å². The molecule has 4 N–H and O–H groups in total. The summed E-state index contributed by atoms with van der Waals surface area (Å²) in [7, 11) is 0. The van der Waals surface area contributed by atoms with Gasteiger partial charge in [-0.25, -0.2) is 0 Å². The molecule has 2 amide bonds. The highest BCUT2D eigenvalue weighted by Crippen LogP contribution is 2.29. The minimum Gasteiger partial charge on any atom is -0.467 e. The maximum Gasteiger partial charge on any atom is 0.248 e. The highest BCUT2D eigenvalue weighted by molar-refractivity contribution is 8.02. The van der Waals surface area contributed by atoms with Crippen LogP contribution in [0, 0.1) is 0 Å². The number of benzene rings is 1. The summed E-state index contributed by atoms with van der Waals surface area (Å²) in [6, 6.07) is 10.1. The molecule has 0 saturated heterocycles. The summed E-state index contributed by atoms with van der Waals surface area (Å²) >= 11 is 2.69. The number of primary amides is 1. The Kier molecular flexibility index (Phi) is 6.09. The largest absolute Gasteiger partial charge is 0.467 e. The van der Waals surface area contributed by atoms with Crippen molar-refractivity contribution in [2.45, 2.75) is 23.1 Å². The van der Waals surface area contributed by atoms with E-state index in [1.54, 1.807) is 37.5 Å². The Morgan fingerprint density at radius 1 is 1.26 bits per heavy atom. The van der Waals surface area contributed by atoms with Gasteiger partial charge in [-0.1, -0.05) is 23.1 Å². The molecule has 3 rings (SSSR count). The molecule has 0 unspecified atom stereocenters. The van der Waals surface area contributed by atoms with E-state index in [0.717, 1.165) is 5.76 Å². The summed E-state index contributed by atoms with van der Waals surface area (Å²) in [5.41, 5.74) is 6.18. The monoisotopic (exact) mass is 403 g/mol. The van der Waals surface area contributed by atoms with Gasteiger partial charge in [0.05, 0.1) is 18.1 Å². The number of nitrogens with two attached hydrogens (primary N) is 1. The first-order chi connectivity index (χ1) is 13.0. The number of rotatable bonds is 8. The van der Waals surface area contributed by atoms with Crippen molar-refractivity contribution in [1.82, 2.24) is 10.2 Å². The van der Waals surface area contributed by atoms with Crippen molar-refractivity contribution in [3.05, 3.63) is 54.0 Å². The lowest BCUT2D eigenvalue weighted by atomic mass is 10.2. The van der Waals surface area contributed by atoms with Gasteiger partial charge in [0, 0.05) is 11.3 Å². The lowest BCUT2D eigenvalue weighted by Crippen LogP contribution is -2.22. The summed E-state index contributed by atoms with van der Waals surface area (Å²) in [6.45, 7) is 2.30. The number of thioether (sulfide) groups is 1. The maximum absolute atomic E-state index is 12.3. The van der Waals surface area contributed by atoms with Crippen LogP contribution >= 0.6 is 23.1 Å². The van der Waals surface area contributed by atoms with Gasteiger partial charge in [0.25, 0.3) is 0 Å². The van der Waals surface area contributed by atoms with Crippen LogP contribution in [-0.2, 0) is 11.3 Å². The fourth-order valence-electron chi connectivity index (χ4n) is 2.07. The van der Waals surface area contributed by atoms with Crippen molar-refractivity contribution < 1.29 is 14.0 Å². The number of furan rings is 1. The number of anilines is 2. The van der Waals surface area contributed by atoms with Crippen LogP contribution in [0.2, 0.25) is 0 Å². The Morgan fingerprint density at radius 2 is 2.04 bits per heavy atom. The number of carbonyl (C=O) groups excluding carboxylic acids is 2. The lowest BCUT2D eigenvalue weighted by molar-refractivity contribution is -0.115. The van der Waals surface area contributed by atoms with Crippen molar-refractivity contribution in [2.24, 2.45) is 5.73 Å². The Morgan fingerprint density at radius 3 is 2.70 bits per heavy atom. The average Bonchev–Trinajstić information content (AvgIpc) is 3.32. The van der Waals surface area contributed by atoms with Crippen LogP contribution < -0.4 is 16.4 Å². The number of nitrogens with zero attached hydrogens (tertiary/aromatic N) is 2. The van der Waals surface area contributed by atoms with Gasteiger partial charge in [0.2, 0.25) is 16.9 Å². The van der Waals surface area contributed by atoms with Crippen molar-refractivity contribution in [3.8, 4) is 0 Å². The summed E-state index contributed by atoms with van der Waals surface area (Å²) in [6.07, 6.45) is 1.61. The molecule has 27 heavy (non-hydrogen) atoms. The van der Waals surface area contributed by atoms with E-state index in [0.29, 0.717) is 27.3 Å². The molecule has 10 heteroatoms. The quantitative estimate of drug-likeness (QED) is 0.494. The normalized spacial score (nSPS) is 11.7. The zero-order chi connectivity index (χ0) is 19.2. The third-order valence-corrected chi connectivity index (χ3v) is 5.55. The summed E-state index contributed by atoms with van der Waals surface area (Å²) in [5, 5.41) is 14.3. The molecule has 0 bridgehead atoms. The maximum atomic E-state index is 12.3. The van der Waals surface area contributed by atoms with E-state index in [4.69, 9.17) is 10.2 Å². The van der Waals surface area contributed by atoms with Gasteiger partial charge in [-0.2, -0.15) is 0 Å². The number of aromatic nitrogens is 2. The van der Waals surface area contributed by atoms with Crippen molar-refractivity contribution in [1.29, 1.82) is 0 Å². The third-order valence-electron chi connectivity index (χ3n) is 3.48. The third kappa shape index (κ3) is 5.31. The summed E-state index contributed by atoms with van der Waals surface area (Å²) < 4.78 is 5.93. The molecule has 0 fully saturated rings. The van der Waals surface area contributed by atoms with Crippen LogP contribution in [-0.4, -0.2) is 27.3 Å². The van der Waals surface area contributed by atoms with E-state index in [1.807, 2.05) is 12.1 Å². The van der Waals surface area contributed by atoms with Crippen LogP contribution in [0.5, 0.6) is 0 Å². The highest BCUT2D eigenvalue weighted by Gasteiger charge is 2.17. The Bertz CT molecular complexity index is 909. The van der Waals surface area contributed by atoms with Gasteiger partial charge in [-0.05, 0) is 43.3 Å². The number of amides is 2. The van der Waals surface area contributed by atoms with Crippen LogP contribution in [0.15, 0.2) is 51.4 Å². The molecule has 140 valence electrons. The smallest absolute Gasteiger partial charge is 0.248 e. The molecule has 0 aliphatic heterocycles. The summed E-state index contributed by atoms with van der Waals surface area (Å²) in [4.78, 5) is 23.4. The van der Waals surface area contributed by atoms with Gasteiger partial charge in [0.15, 0.2) is 4.34 Å². The van der Waals surface area contributed by atoms with Crippen LogP contribution in [0.1, 0.15) is 23.0 Å². The van der Waals surface area contributed by atoms with E-state index in [-0.39, 0.29) is 11.2 Å². The lowest BCUT2D eigenvalue weighted by Gasteiger charge is -2.10. The molecule has 0 aliphatic rings. The number of nitrogens with one attached hydrogen (secondary N) is 2. The van der Waals surface area contributed by atoms with E-state index < -0.39 is 5.91 Å². The van der Waals surface area contributed by atoms with Crippen LogP contribution in [0.25, 0.3) is 0 Å². The van der Waals surface area contributed by atoms with Crippen molar-refractivity contribution in [3.63, 3.8) is 0 Å². The van der Waals surface area contributed by atoms with E-state index in [9.17, 15) is 9.59 Å². The molecule has 0 radical (unpaired) electrons. The second-order valence-corrected chi connectivity index (χ2v) is 8.06. The molecule has 0 spiro atoms. The van der Waals surface area contributed by atoms with Gasteiger partial charge >= 0.3 is 0 Å². The van der Waals surface area contributed by atoms with E-state index >= 15 is 0 Å². The standard InChI is InChI=1S/C17H17N5O3S2/c1-10(15(24)20-12-6-4-11(5-7-12)14(18)23)26-17-22-21-16(27-17)19-9-13-3-2-8-25-13/h2-8,10H,9H2,1H3,(H2,18,23)(H,19,21)(H,20,24)/t10-/m1/s1. The molecule has 8 nitrogen and oxygen atoms in total. The minimum atomic E-state index is -0.510. The van der Waals surface area contributed by atoms with E-state index in [1.165, 1.54) is 23.1 Å². The zero-order valence-corrected chi connectivity index (χ0v) is 16.0. The number of hydrogen-bond donors (Lipinski definition) is 3. The molecular formula is C17H17N5O3S2. The Balaban J connectivity index is 1.51. The molecule has 1 aromatic carbocycles. The Hall–Kier alpha value is -2.85. The van der Waals surface area contributed by atoms with Crippen LogP contribution in [0.3, 0.4) is 0 Å². The first-order valence-electron chi connectivity index (χ1n) is 7.98. The second kappa shape index (κ2) is 8.69. The predicted octanol–water partition coefficient (Wildman–Crippen LogP) is 2.96. The first kappa shape index (κ1) is 18.9. The number of hydrogen-bond acceptors (Lipinski definition) is 8. The molecule has 3 aromatic rings. The second-order valence-electron chi connectivity index (χ2n) is 5.50. The molecule has 0 saturated carbocycles. The van der Waals surface area contributed by atoms with Gasteiger partial charge in [-0.3, -0.25) is 9.59 Å². The zero-order valence-electron chi connectivity index (χ0n) is 14.3. The van der Waals surface area contributed by atoms with Crippen LogP contribution in [0.4, 0.5) is 10.8 Å². The molecule has 2 aromatic heterocycles. The minimum absolute atomic E-state index is 0.174. The first-order valence-corrected chi connectivity index (χ1v) is 9.68. The molecule has 0 aliphatic carbocycles. The van der Waals surface area contributed by atoms with E-state index in [2.05, 4.69) is 20.8 Å². The van der Waals surface area contributed by atoms with Crippen molar-refractivity contribution >= 4 is 45.7 Å². The van der Waals surface area contributed by atoms with Gasteiger partial charge < -0.3 is 20.8 Å². The number of carbonyl (C=O) groups is 2. The fourth-order valence-corrected chi connectivity index (χ4v) is 3.96. The molecular weight excluding hydrogens is 386 g/mol. The summed E-state index contributed by atoms with van der Waals surface area (Å²) in [5.74, 6) is 0.117.